The number of benzene rings is 3. The van der Waals surface area contributed by atoms with Crippen LogP contribution < -0.4 is 4.90 Å². The molecule has 0 unspecified atom stereocenters. The quantitative estimate of drug-likeness (QED) is 0.426. The average Bonchev–Trinajstić information content (AvgIpc) is 3.27. The molecule has 1 aliphatic carbocycles. The maximum atomic E-state index is 12.8. The van der Waals surface area contributed by atoms with Crippen LogP contribution in [0.4, 0.5) is 5.69 Å². The zero-order valence-corrected chi connectivity index (χ0v) is 18.0. The Morgan fingerprint density at radius 2 is 1.58 bits per heavy atom. The first-order valence-electron chi connectivity index (χ1n) is 11.6. The molecule has 1 fully saturated rings. The summed E-state index contributed by atoms with van der Waals surface area (Å²) in [5, 5.41) is 0. The van der Waals surface area contributed by atoms with Crippen LogP contribution in [0.3, 0.4) is 0 Å². The van der Waals surface area contributed by atoms with E-state index in [1.54, 1.807) is 6.08 Å². The number of anilines is 1. The topological polar surface area (TPSA) is 20.3 Å². The largest absolute Gasteiger partial charge is 0.308 e. The lowest BCUT2D eigenvalue weighted by molar-refractivity contribution is -0.114. The highest BCUT2D eigenvalue weighted by molar-refractivity contribution is 6.05. The second kappa shape index (κ2) is 8.93. The van der Waals surface area contributed by atoms with Crippen molar-refractivity contribution >= 4 is 17.7 Å². The Kier molecular flexibility index (Phi) is 5.71. The van der Waals surface area contributed by atoms with Crippen LogP contribution >= 0.6 is 0 Å². The van der Waals surface area contributed by atoms with E-state index in [0.29, 0.717) is 0 Å². The van der Waals surface area contributed by atoms with Crippen molar-refractivity contribution in [2.75, 3.05) is 11.4 Å². The van der Waals surface area contributed by atoms with Gasteiger partial charge < -0.3 is 4.90 Å². The number of amides is 1. The minimum absolute atomic E-state index is 0.0483. The summed E-state index contributed by atoms with van der Waals surface area (Å²) in [6, 6.07) is 25.7. The lowest BCUT2D eigenvalue weighted by atomic mass is 9.83. The van der Waals surface area contributed by atoms with E-state index in [1.165, 1.54) is 54.4 Å². The molecule has 1 saturated carbocycles. The summed E-state index contributed by atoms with van der Waals surface area (Å²) < 4.78 is 0. The van der Waals surface area contributed by atoms with Gasteiger partial charge in [0.05, 0.1) is 0 Å². The lowest BCUT2D eigenvalue weighted by Gasteiger charge is -2.22. The van der Waals surface area contributed by atoms with Crippen LogP contribution in [0.15, 0.2) is 78.9 Å². The molecule has 0 saturated heterocycles. The van der Waals surface area contributed by atoms with Gasteiger partial charge in [-0.3, -0.25) is 4.79 Å². The molecule has 0 atom stereocenters. The van der Waals surface area contributed by atoms with Crippen LogP contribution in [0, 0.1) is 0 Å². The number of fused-ring (bicyclic) bond motifs is 1. The van der Waals surface area contributed by atoms with E-state index >= 15 is 0 Å². The normalized spacial score (nSPS) is 16.6. The standard InChI is InChI=1S/C29H29NO/c31-29(18-11-22-7-3-1-4-8-22)30-20-19-27-21-26(16-17-28(27)30)25-14-12-24(13-15-25)23-9-5-2-6-10-23/h1,3-4,7-8,11-18,21,23H,2,5-6,9-10,19-20H2/b18-11-. The first-order chi connectivity index (χ1) is 15.3. The molecular formula is C29H29NO. The fourth-order valence-corrected chi connectivity index (χ4v) is 5.02. The SMILES string of the molecule is O=C(/C=C\c1ccccc1)N1CCc2cc(-c3ccc(C4CCCCC4)cc3)ccc21. The molecule has 1 aliphatic heterocycles. The minimum atomic E-state index is 0.0483. The van der Waals surface area contributed by atoms with Crippen LogP contribution in [-0.2, 0) is 11.2 Å². The number of nitrogens with zero attached hydrogens (tertiary/aromatic N) is 1. The number of hydrogen-bond acceptors (Lipinski definition) is 1. The monoisotopic (exact) mass is 407 g/mol. The molecule has 3 aromatic carbocycles. The van der Waals surface area contributed by atoms with E-state index in [0.717, 1.165) is 30.1 Å². The van der Waals surface area contributed by atoms with Gasteiger partial charge in [0.1, 0.15) is 0 Å². The summed E-state index contributed by atoms with van der Waals surface area (Å²) in [7, 11) is 0. The van der Waals surface area contributed by atoms with Crippen molar-refractivity contribution in [3.05, 3.63) is 95.6 Å². The van der Waals surface area contributed by atoms with Crippen LogP contribution in [0.2, 0.25) is 0 Å². The smallest absolute Gasteiger partial charge is 0.251 e. The fraction of sp³-hybridized carbons (Fsp3) is 0.276. The molecule has 1 amide bonds. The van der Waals surface area contributed by atoms with Gasteiger partial charge >= 0.3 is 0 Å². The average molecular weight is 408 g/mol. The summed E-state index contributed by atoms with van der Waals surface area (Å²) in [6.45, 7) is 0.747. The van der Waals surface area contributed by atoms with Crippen molar-refractivity contribution in [1.82, 2.24) is 0 Å². The number of hydrogen-bond donors (Lipinski definition) is 0. The van der Waals surface area contributed by atoms with Gasteiger partial charge in [-0.1, -0.05) is 79.9 Å². The van der Waals surface area contributed by atoms with Gasteiger partial charge in [0, 0.05) is 18.3 Å². The van der Waals surface area contributed by atoms with E-state index in [4.69, 9.17) is 0 Å². The van der Waals surface area contributed by atoms with Crippen LogP contribution in [-0.4, -0.2) is 12.5 Å². The van der Waals surface area contributed by atoms with E-state index in [2.05, 4.69) is 42.5 Å². The Balaban J connectivity index is 1.31. The predicted octanol–water partition coefficient (Wildman–Crippen LogP) is 7.00. The zero-order valence-electron chi connectivity index (χ0n) is 18.0. The highest BCUT2D eigenvalue weighted by Crippen LogP contribution is 2.35. The van der Waals surface area contributed by atoms with Crippen LogP contribution in [0.5, 0.6) is 0 Å². The van der Waals surface area contributed by atoms with E-state index in [-0.39, 0.29) is 5.91 Å². The molecule has 0 bridgehead atoms. The van der Waals surface area contributed by atoms with Gasteiger partial charge in [0.2, 0.25) is 0 Å². The van der Waals surface area contributed by atoms with Crippen molar-refractivity contribution in [2.24, 2.45) is 0 Å². The summed E-state index contributed by atoms with van der Waals surface area (Å²) in [5.41, 5.74) is 7.34. The second-order valence-electron chi connectivity index (χ2n) is 8.78. The van der Waals surface area contributed by atoms with Crippen molar-refractivity contribution in [2.45, 2.75) is 44.4 Å². The molecule has 2 heteroatoms. The summed E-state index contributed by atoms with van der Waals surface area (Å²) in [4.78, 5) is 14.7. The van der Waals surface area contributed by atoms with Gasteiger partial charge in [-0.15, -0.1) is 0 Å². The highest BCUT2D eigenvalue weighted by atomic mass is 16.2. The molecule has 2 aliphatic rings. The van der Waals surface area contributed by atoms with Crippen molar-refractivity contribution in [1.29, 1.82) is 0 Å². The summed E-state index contributed by atoms with van der Waals surface area (Å²) >= 11 is 0. The minimum Gasteiger partial charge on any atom is -0.308 e. The van der Waals surface area contributed by atoms with E-state index < -0.39 is 0 Å². The lowest BCUT2D eigenvalue weighted by Crippen LogP contribution is -2.26. The molecule has 5 rings (SSSR count). The zero-order chi connectivity index (χ0) is 21.0. The Hall–Kier alpha value is -3.13. The van der Waals surface area contributed by atoms with E-state index in [1.807, 2.05) is 41.3 Å². The molecule has 1 heterocycles. The molecule has 0 aromatic heterocycles. The maximum absolute atomic E-state index is 12.8. The number of carbonyl (C=O) groups excluding carboxylic acids is 1. The third-order valence-electron chi connectivity index (χ3n) is 6.78. The molecule has 31 heavy (non-hydrogen) atoms. The Morgan fingerprint density at radius 3 is 2.35 bits per heavy atom. The second-order valence-corrected chi connectivity index (χ2v) is 8.78. The molecule has 3 aromatic rings. The summed E-state index contributed by atoms with van der Waals surface area (Å²) in [6.07, 6.45) is 11.3. The summed E-state index contributed by atoms with van der Waals surface area (Å²) in [5.74, 6) is 0.790. The van der Waals surface area contributed by atoms with E-state index in [9.17, 15) is 4.79 Å². The predicted molar refractivity (Wildman–Crippen MR) is 129 cm³/mol. The van der Waals surface area contributed by atoms with Crippen molar-refractivity contribution in [3.8, 4) is 11.1 Å². The van der Waals surface area contributed by atoms with Crippen molar-refractivity contribution < 1.29 is 4.79 Å². The Bertz CT molecular complexity index is 1080. The maximum Gasteiger partial charge on any atom is 0.251 e. The Labute approximate surface area is 185 Å². The van der Waals surface area contributed by atoms with Crippen LogP contribution in [0.1, 0.15) is 54.7 Å². The fourth-order valence-electron chi connectivity index (χ4n) is 5.02. The highest BCUT2D eigenvalue weighted by Gasteiger charge is 2.23. The molecule has 156 valence electrons. The molecule has 2 nitrogen and oxygen atoms in total. The van der Waals surface area contributed by atoms with Gasteiger partial charge in [0.25, 0.3) is 5.91 Å². The number of carbonyl (C=O) groups is 1. The molecular weight excluding hydrogens is 378 g/mol. The third-order valence-corrected chi connectivity index (χ3v) is 6.78. The van der Waals surface area contributed by atoms with Crippen LogP contribution in [0.25, 0.3) is 17.2 Å². The first-order valence-corrected chi connectivity index (χ1v) is 11.6. The molecule has 0 spiro atoms. The molecule has 0 radical (unpaired) electrons. The Morgan fingerprint density at radius 1 is 0.839 bits per heavy atom. The van der Waals surface area contributed by atoms with Gasteiger partial charge in [-0.05, 0) is 71.2 Å². The van der Waals surface area contributed by atoms with Crippen molar-refractivity contribution in [3.63, 3.8) is 0 Å². The van der Waals surface area contributed by atoms with Gasteiger partial charge in [-0.2, -0.15) is 0 Å². The third kappa shape index (κ3) is 4.34. The molecule has 0 N–H and O–H groups in total. The first kappa shape index (κ1) is 19.8. The number of rotatable bonds is 4. The van der Waals surface area contributed by atoms with Gasteiger partial charge in [0.15, 0.2) is 0 Å². The van der Waals surface area contributed by atoms with Gasteiger partial charge in [-0.25, -0.2) is 0 Å².